The summed E-state index contributed by atoms with van der Waals surface area (Å²) in [4.78, 5) is 12.0. The van der Waals surface area contributed by atoms with E-state index in [1.807, 2.05) is 6.07 Å². The Hall–Kier alpha value is -1.52. The van der Waals surface area contributed by atoms with Gasteiger partial charge in [0.05, 0.1) is 0 Å². The van der Waals surface area contributed by atoms with Crippen LogP contribution in [0.4, 0.5) is 0 Å². The molecule has 0 aromatic heterocycles. The molecule has 0 bridgehead atoms. The highest BCUT2D eigenvalue weighted by Gasteiger charge is 2.07. The van der Waals surface area contributed by atoms with Gasteiger partial charge in [-0.1, -0.05) is 39.7 Å². The van der Waals surface area contributed by atoms with E-state index < -0.39 is 0 Å². The molecule has 0 fully saturated rings. The molecule has 0 saturated carbocycles. The van der Waals surface area contributed by atoms with Gasteiger partial charge in [-0.15, -0.1) is 0 Å². The SMILES string of the molecule is O=C(NCc1cccc(O)c1)c1cc(Cl)cc(Br)c1. The van der Waals surface area contributed by atoms with E-state index in [-0.39, 0.29) is 11.7 Å². The van der Waals surface area contributed by atoms with Gasteiger partial charge in [-0.25, -0.2) is 0 Å². The fraction of sp³-hybridized carbons (Fsp3) is 0.0714. The topological polar surface area (TPSA) is 49.3 Å². The van der Waals surface area contributed by atoms with E-state index >= 15 is 0 Å². The lowest BCUT2D eigenvalue weighted by molar-refractivity contribution is 0.0951. The first-order valence-corrected chi connectivity index (χ1v) is 6.74. The van der Waals surface area contributed by atoms with Crippen molar-refractivity contribution in [1.29, 1.82) is 0 Å². The largest absolute Gasteiger partial charge is 0.508 e. The van der Waals surface area contributed by atoms with Gasteiger partial charge in [0.15, 0.2) is 0 Å². The van der Waals surface area contributed by atoms with Crippen LogP contribution in [0.15, 0.2) is 46.9 Å². The van der Waals surface area contributed by atoms with Gasteiger partial charge < -0.3 is 10.4 Å². The third kappa shape index (κ3) is 3.98. The molecule has 2 aromatic rings. The van der Waals surface area contributed by atoms with Crippen molar-refractivity contribution in [1.82, 2.24) is 5.32 Å². The van der Waals surface area contributed by atoms with Gasteiger partial charge in [0.2, 0.25) is 0 Å². The van der Waals surface area contributed by atoms with Gasteiger partial charge in [-0.3, -0.25) is 4.79 Å². The summed E-state index contributed by atoms with van der Waals surface area (Å²) in [5.74, 6) is -0.0382. The van der Waals surface area contributed by atoms with Crippen LogP contribution in [0, 0.1) is 0 Å². The van der Waals surface area contributed by atoms with Gasteiger partial charge >= 0.3 is 0 Å². The first-order valence-electron chi connectivity index (χ1n) is 5.57. The molecule has 0 aliphatic heterocycles. The summed E-state index contributed by atoms with van der Waals surface area (Å²) in [5.41, 5.74) is 1.31. The van der Waals surface area contributed by atoms with Crippen molar-refractivity contribution in [2.75, 3.05) is 0 Å². The molecule has 0 aliphatic carbocycles. The summed E-state index contributed by atoms with van der Waals surface area (Å²) in [5, 5.41) is 12.6. The zero-order valence-corrected chi connectivity index (χ0v) is 12.2. The number of phenols is 1. The Kier molecular flexibility index (Phi) is 4.45. The van der Waals surface area contributed by atoms with Crippen molar-refractivity contribution in [2.45, 2.75) is 6.54 Å². The Bertz CT molecular complexity index is 596. The number of aromatic hydroxyl groups is 1. The summed E-state index contributed by atoms with van der Waals surface area (Å²) in [6.07, 6.45) is 0. The minimum atomic E-state index is -0.216. The van der Waals surface area contributed by atoms with Crippen LogP contribution in [0.2, 0.25) is 5.02 Å². The Morgan fingerprint density at radius 3 is 2.74 bits per heavy atom. The van der Waals surface area contributed by atoms with Crippen LogP contribution in [0.1, 0.15) is 15.9 Å². The molecule has 0 spiro atoms. The highest BCUT2D eigenvalue weighted by molar-refractivity contribution is 9.10. The zero-order chi connectivity index (χ0) is 13.8. The van der Waals surface area contributed by atoms with Gasteiger partial charge in [0.1, 0.15) is 5.75 Å². The highest BCUT2D eigenvalue weighted by Crippen LogP contribution is 2.19. The van der Waals surface area contributed by atoms with Crippen LogP contribution in [-0.2, 0) is 6.54 Å². The van der Waals surface area contributed by atoms with Crippen molar-refractivity contribution in [3.8, 4) is 5.75 Å². The first-order chi connectivity index (χ1) is 9.04. The van der Waals surface area contributed by atoms with Crippen LogP contribution >= 0.6 is 27.5 Å². The average molecular weight is 341 g/mol. The number of carbonyl (C=O) groups is 1. The summed E-state index contributed by atoms with van der Waals surface area (Å²) in [7, 11) is 0. The van der Waals surface area contributed by atoms with Gasteiger partial charge in [-0.2, -0.15) is 0 Å². The Morgan fingerprint density at radius 1 is 1.26 bits per heavy atom. The number of rotatable bonds is 3. The minimum absolute atomic E-state index is 0.178. The van der Waals surface area contributed by atoms with E-state index in [4.69, 9.17) is 11.6 Å². The van der Waals surface area contributed by atoms with Crippen LogP contribution < -0.4 is 5.32 Å². The number of amides is 1. The molecule has 1 amide bonds. The maximum absolute atomic E-state index is 12.0. The molecule has 19 heavy (non-hydrogen) atoms. The lowest BCUT2D eigenvalue weighted by Gasteiger charge is -2.06. The van der Waals surface area contributed by atoms with Crippen LogP contribution in [0.25, 0.3) is 0 Å². The third-order valence-corrected chi connectivity index (χ3v) is 3.16. The average Bonchev–Trinajstić information content (AvgIpc) is 2.35. The van der Waals surface area contributed by atoms with Crippen LogP contribution in [0.5, 0.6) is 5.75 Å². The van der Waals surface area contributed by atoms with E-state index in [9.17, 15) is 9.90 Å². The van der Waals surface area contributed by atoms with E-state index in [1.54, 1.807) is 36.4 Å². The number of phenolic OH excluding ortho intramolecular Hbond substituents is 1. The monoisotopic (exact) mass is 339 g/mol. The quantitative estimate of drug-likeness (QED) is 0.894. The third-order valence-electron chi connectivity index (χ3n) is 2.49. The van der Waals surface area contributed by atoms with Crippen LogP contribution in [0.3, 0.4) is 0 Å². The van der Waals surface area contributed by atoms with E-state index in [0.717, 1.165) is 10.0 Å². The van der Waals surface area contributed by atoms with Gasteiger partial charge in [-0.05, 0) is 35.9 Å². The summed E-state index contributed by atoms with van der Waals surface area (Å²) in [6, 6.07) is 11.8. The van der Waals surface area contributed by atoms with Crippen molar-refractivity contribution < 1.29 is 9.90 Å². The predicted octanol–water partition coefficient (Wildman–Crippen LogP) is 3.74. The number of benzene rings is 2. The van der Waals surface area contributed by atoms with Crippen LogP contribution in [-0.4, -0.2) is 11.0 Å². The molecule has 5 heteroatoms. The zero-order valence-electron chi connectivity index (χ0n) is 9.86. The maximum atomic E-state index is 12.0. The fourth-order valence-corrected chi connectivity index (χ4v) is 2.50. The van der Waals surface area contributed by atoms with Gasteiger partial charge in [0.25, 0.3) is 5.91 Å². The summed E-state index contributed by atoms with van der Waals surface area (Å²) in [6.45, 7) is 0.345. The number of nitrogens with one attached hydrogen (secondary N) is 1. The number of hydrogen-bond donors (Lipinski definition) is 2. The van der Waals surface area contributed by atoms with Gasteiger partial charge in [0, 0.05) is 21.6 Å². The van der Waals surface area contributed by atoms with E-state index in [0.29, 0.717) is 17.1 Å². The Balaban J connectivity index is 2.05. The fourth-order valence-electron chi connectivity index (χ4n) is 1.64. The molecule has 0 aliphatic rings. The van der Waals surface area contributed by atoms with E-state index in [1.165, 1.54) is 0 Å². The maximum Gasteiger partial charge on any atom is 0.251 e. The normalized spacial score (nSPS) is 10.2. The van der Waals surface area contributed by atoms with Crippen molar-refractivity contribution >= 4 is 33.4 Å². The highest BCUT2D eigenvalue weighted by atomic mass is 79.9. The number of hydrogen-bond acceptors (Lipinski definition) is 2. The second-order valence-corrected chi connectivity index (χ2v) is 5.36. The standard InChI is InChI=1S/C14H11BrClNO2/c15-11-5-10(6-12(16)7-11)14(19)17-8-9-2-1-3-13(18)4-9/h1-7,18H,8H2,(H,17,19). The minimum Gasteiger partial charge on any atom is -0.508 e. The predicted molar refractivity (Wildman–Crippen MR) is 78.4 cm³/mol. The summed E-state index contributed by atoms with van der Waals surface area (Å²) >= 11 is 9.18. The molecular formula is C14H11BrClNO2. The molecule has 98 valence electrons. The molecular weight excluding hydrogens is 330 g/mol. The number of halogens is 2. The first kappa shape index (κ1) is 13.9. The Morgan fingerprint density at radius 2 is 2.05 bits per heavy atom. The smallest absolute Gasteiger partial charge is 0.251 e. The van der Waals surface area contributed by atoms with Crippen molar-refractivity contribution in [3.05, 3.63) is 63.1 Å². The molecule has 0 heterocycles. The molecule has 2 rings (SSSR count). The lowest BCUT2D eigenvalue weighted by Crippen LogP contribution is -2.22. The summed E-state index contributed by atoms with van der Waals surface area (Å²) < 4.78 is 0.752. The molecule has 2 aromatic carbocycles. The van der Waals surface area contributed by atoms with E-state index in [2.05, 4.69) is 21.2 Å². The molecule has 2 N–H and O–H groups in total. The molecule has 0 saturated heterocycles. The second-order valence-electron chi connectivity index (χ2n) is 4.01. The molecule has 0 unspecified atom stereocenters. The van der Waals surface area contributed by atoms with Crippen molar-refractivity contribution in [2.24, 2.45) is 0 Å². The lowest BCUT2D eigenvalue weighted by atomic mass is 10.2. The van der Waals surface area contributed by atoms with Crippen molar-refractivity contribution in [3.63, 3.8) is 0 Å². The second kappa shape index (κ2) is 6.08. The Labute approximate surface area is 124 Å². The molecule has 3 nitrogen and oxygen atoms in total. The number of carbonyl (C=O) groups excluding carboxylic acids is 1. The molecule has 0 radical (unpaired) electrons. The molecule has 0 atom stereocenters.